The van der Waals surface area contributed by atoms with E-state index in [0.717, 1.165) is 24.7 Å². The first-order valence-electron chi connectivity index (χ1n) is 7.08. The number of anilines is 1. The van der Waals surface area contributed by atoms with Crippen LogP contribution in [0, 0.1) is 0 Å². The molecular formula is C15H24N2. The molecule has 1 aromatic heterocycles. The normalized spacial score (nSPS) is 15.4. The van der Waals surface area contributed by atoms with E-state index in [1.54, 1.807) is 5.56 Å². The van der Waals surface area contributed by atoms with Crippen LogP contribution in [0.25, 0.3) is 0 Å². The van der Waals surface area contributed by atoms with Crippen LogP contribution in [0.5, 0.6) is 0 Å². The molecule has 17 heavy (non-hydrogen) atoms. The van der Waals surface area contributed by atoms with Crippen molar-refractivity contribution in [2.75, 3.05) is 11.9 Å². The molecule has 1 aromatic rings. The van der Waals surface area contributed by atoms with E-state index in [4.69, 9.17) is 0 Å². The Morgan fingerprint density at radius 1 is 1.29 bits per heavy atom. The van der Waals surface area contributed by atoms with Gasteiger partial charge in [-0.05, 0) is 42.4 Å². The molecule has 0 amide bonds. The Hall–Kier alpha value is -1.05. The van der Waals surface area contributed by atoms with Gasteiger partial charge in [-0.2, -0.15) is 0 Å². The molecule has 0 aromatic carbocycles. The molecule has 94 valence electrons. The van der Waals surface area contributed by atoms with Crippen molar-refractivity contribution in [3.8, 4) is 0 Å². The Bertz CT molecular complexity index is 360. The molecule has 0 bridgehead atoms. The Morgan fingerprint density at radius 3 is 2.94 bits per heavy atom. The van der Waals surface area contributed by atoms with Gasteiger partial charge < -0.3 is 5.32 Å². The van der Waals surface area contributed by atoms with E-state index < -0.39 is 0 Å². The van der Waals surface area contributed by atoms with Crippen LogP contribution >= 0.6 is 0 Å². The van der Waals surface area contributed by atoms with Gasteiger partial charge in [-0.25, -0.2) is 4.98 Å². The monoisotopic (exact) mass is 232 g/mol. The summed E-state index contributed by atoms with van der Waals surface area (Å²) in [5, 5.41) is 3.38. The van der Waals surface area contributed by atoms with Crippen molar-refractivity contribution in [3.63, 3.8) is 0 Å². The van der Waals surface area contributed by atoms with E-state index in [-0.39, 0.29) is 0 Å². The summed E-state index contributed by atoms with van der Waals surface area (Å²) in [7, 11) is 0. The van der Waals surface area contributed by atoms with Crippen LogP contribution in [-0.2, 0) is 6.42 Å². The number of fused-ring (bicyclic) bond motifs is 1. The number of pyridine rings is 1. The predicted molar refractivity (Wildman–Crippen MR) is 73.6 cm³/mol. The topological polar surface area (TPSA) is 24.9 Å². The molecule has 0 saturated heterocycles. The molecule has 0 fully saturated rings. The van der Waals surface area contributed by atoms with E-state index in [0.29, 0.717) is 0 Å². The number of hydrogen-bond acceptors (Lipinski definition) is 2. The van der Waals surface area contributed by atoms with Crippen molar-refractivity contribution in [2.45, 2.75) is 58.3 Å². The van der Waals surface area contributed by atoms with Crippen LogP contribution in [0.2, 0.25) is 0 Å². The lowest BCUT2D eigenvalue weighted by atomic mass is 9.87. The number of nitrogens with one attached hydrogen (secondary N) is 1. The van der Waals surface area contributed by atoms with Gasteiger partial charge in [0.05, 0.1) is 0 Å². The summed E-state index contributed by atoms with van der Waals surface area (Å²) in [6.07, 6.45) is 9.70. The third-order valence-corrected chi connectivity index (χ3v) is 3.74. The van der Waals surface area contributed by atoms with Crippen LogP contribution in [0.1, 0.15) is 63.0 Å². The van der Waals surface area contributed by atoms with E-state index in [2.05, 4.69) is 30.2 Å². The standard InChI is InChI=1S/C15H24N2/c1-3-5-7-12(6-4-2)13-8-10-16-15-14(13)9-11-17-15/h8,10,12H,3-7,9,11H2,1-2H3,(H,16,17). The van der Waals surface area contributed by atoms with Gasteiger partial charge in [0.1, 0.15) is 5.82 Å². The average molecular weight is 232 g/mol. The summed E-state index contributed by atoms with van der Waals surface area (Å²) in [6, 6.07) is 2.25. The summed E-state index contributed by atoms with van der Waals surface area (Å²) in [6.45, 7) is 5.63. The van der Waals surface area contributed by atoms with Crippen molar-refractivity contribution < 1.29 is 0 Å². The van der Waals surface area contributed by atoms with Gasteiger partial charge in [-0.15, -0.1) is 0 Å². The van der Waals surface area contributed by atoms with E-state index >= 15 is 0 Å². The van der Waals surface area contributed by atoms with Crippen molar-refractivity contribution >= 4 is 5.82 Å². The fourth-order valence-corrected chi connectivity index (χ4v) is 2.87. The fraction of sp³-hybridized carbons (Fsp3) is 0.667. The van der Waals surface area contributed by atoms with Crippen molar-refractivity contribution in [2.24, 2.45) is 0 Å². The largest absolute Gasteiger partial charge is 0.370 e. The van der Waals surface area contributed by atoms with Crippen molar-refractivity contribution in [3.05, 3.63) is 23.4 Å². The molecule has 0 spiro atoms. The highest BCUT2D eigenvalue weighted by atomic mass is 15.0. The van der Waals surface area contributed by atoms with Gasteiger partial charge in [0.15, 0.2) is 0 Å². The average Bonchev–Trinajstić information content (AvgIpc) is 2.82. The van der Waals surface area contributed by atoms with Crippen molar-refractivity contribution in [1.29, 1.82) is 0 Å². The lowest BCUT2D eigenvalue weighted by Gasteiger charge is -2.19. The lowest BCUT2D eigenvalue weighted by Crippen LogP contribution is -2.03. The maximum Gasteiger partial charge on any atom is 0.129 e. The second-order valence-corrected chi connectivity index (χ2v) is 5.03. The van der Waals surface area contributed by atoms with Gasteiger partial charge in [0, 0.05) is 12.7 Å². The molecule has 0 radical (unpaired) electrons. The highest BCUT2D eigenvalue weighted by Gasteiger charge is 2.20. The summed E-state index contributed by atoms with van der Waals surface area (Å²) in [5.41, 5.74) is 3.05. The highest BCUT2D eigenvalue weighted by molar-refractivity contribution is 5.53. The van der Waals surface area contributed by atoms with Gasteiger partial charge in [0.2, 0.25) is 0 Å². The maximum atomic E-state index is 4.43. The first-order valence-corrected chi connectivity index (χ1v) is 7.08. The molecule has 0 saturated carbocycles. The highest BCUT2D eigenvalue weighted by Crippen LogP contribution is 2.34. The number of hydrogen-bond donors (Lipinski definition) is 1. The second kappa shape index (κ2) is 6.04. The fourth-order valence-electron chi connectivity index (χ4n) is 2.87. The first kappa shape index (κ1) is 12.4. The van der Waals surface area contributed by atoms with Crippen molar-refractivity contribution in [1.82, 2.24) is 4.98 Å². The molecule has 1 aliphatic heterocycles. The van der Waals surface area contributed by atoms with Crippen LogP contribution in [0.15, 0.2) is 12.3 Å². The maximum absolute atomic E-state index is 4.43. The Labute approximate surface area is 105 Å². The quantitative estimate of drug-likeness (QED) is 0.798. The molecule has 1 unspecified atom stereocenters. The predicted octanol–water partition coefficient (Wildman–Crippen LogP) is 4.12. The summed E-state index contributed by atoms with van der Waals surface area (Å²) in [5.74, 6) is 1.89. The molecule has 2 nitrogen and oxygen atoms in total. The Morgan fingerprint density at radius 2 is 2.18 bits per heavy atom. The third kappa shape index (κ3) is 2.80. The summed E-state index contributed by atoms with van der Waals surface area (Å²) < 4.78 is 0. The van der Waals surface area contributed by atoms with E-state index in [1.165, 1.54) is 37.7 Å². The van der Waals surface area contributed by atoms with Crippen LogP contribution in [0.4, 0.5) is 5.82 Å². The van der Waals surface area contributed by atoms with Crippen LogP contribution in [0.3, 0.4) is 0 Å². The van der Waals surface area contributed by atoms with E-state index in [1.807, 2.05) is 6.20 Å². The van der Waals surface area contributed by atoms with Gasteiger partial charge in [-0.3, -0.25) is 0 Å². The minimum atomic E-state index is 0.747. The Kier molecular flexibility index (Phi) is 4.41. The molecule has 2 rings (SSSR count). The number of rotatable bonds is 6. The molecule has 0 aliphatic carbocycles. The second-order valence-electron chi connectivity index (χ2n) is 5.03. The smallest absolute Gasteiger partial charge is 0.129 e. The number of aromatic nitrogens is 1. The summed E-state index contributed by atoms with van der Waals surface area (Å²) >= 11 is 0. The minimum Gasteiger partial charge on any atom is -0.370 e. The summed E-state index contributed by atoms with van der Waals surface area (Å²) in [4.78, 5) is 4.43. The van der Waals surface area contributed by atoms with E-state index in [9.17, 15) is 0 Å². The molecule has 2 heterocycles. The zero-order chi connectivity index (χ0) is 12.1. The third-order valence-electron chi connectivity index (χ3n) is 3.74. The Balaban J connectivity index is 2.20. The number of nitrogens with zero attached hydrogens (tertiary/aromatic N) is 1. The SMILES string of the molecule is CCCCC(CCC)c1ccnc2c1CCN2. The first-order chi connectivity index (χ1) is 8.36. The van der Waals surface area contributed by atoms with Crippen LogP contribution < -0.4 is 5.32 Å². The number of unbranched alkanes of at least 4 members (excludes halogenated alkanes) is 1. The van der Waals surface area contributed by atoms with Gasteiger partial charge in [-0.1, -0.05) is 33.1 Å². The molecule has 2 heteroatoms. The minimum absolute atomic E-state index is 0.747. The zero-order valence-corrected chi connectivity index (χ0v) is 11.1. The molecule has 1 aliphatic rings. The molecule has 1 atom stereocenters. The van der Waals surface area contributed by atoms with Crippen LogP contribution in [-0.4, -0.2) is 11.5 Å². The molecule has 1 N–H and O–H groups in total. The van der Waals surface area contributed by atoms with Gasteiger partial charge >= 0.3 is 0 Å². The molecular weight excluding hydrogens is 208 g/mol. The van der Waals surface area contributed by atoms with Gasteiger partial charge in [0.25, 0.3) is 0 Å². The zero-order valence-electron chi connectivity index (χ0n) is 11.1. The lowest BCUT2D eigenvalue weighted by molar-refractivity contribution is 0.538.